The van der Waals surface area contributed by atoms with Crippen molar-refractivity contribution >= 4 is 11.7 Å². The third-order valence-corrected chi connectivity index (χ3v) is 4.07. The van der Waals surface area contributed by atoms with Gasteiger partial charge in [0.1, 0.15) is 11.5 Å². The van der Waals surface area contributed by atoms with Crippen LogP contribution < -0.4 is 20.1 Å². The summed E-state index contributed by atoms with van der Waals surface area (Å²) in [5.74, 6) is 1.21. The van der Waals surface area contributed by atoms with Crippen molar-refractivity contribution in [1.82, 2.24) is 5.32 Å². The zero-order valence-corrected chi connectivity index (χ0v) is 15.9. The summed E-state index contributed by atoms with van der Waals surface area (Å²) in [6, 6.07) is 14.2. The number of carbonyl (C=O) groups is 1. The van der Waals surface area contributed by atoms with Gasteiger partial charge in [-0.3, -0.25) is 0 Å². The highest BCUT2D eigenvalue weighted by Gasteiger charge is 2.14. The van der Waals surface area contributed by atoms with Gasteiger partial charge in [-0.25, -0.2) is 4.79 Å². The highest BCUT2D eigenvalue weighted by molar-refractivity contribution is 5.91. The zero-order chi connectivity index (χ0) is 19.5. The number of hydrogen-bond donors (Lipinski definition) is 3. The van der Waals surface area contributed by atoms with Gasteiger partial charge in [0, 0.05) is 6.07 Å². The van der Waals surface area contributed by atoms with Crippen molar-refractivity contribution in [1.29, 1.82) is 0 Å². The van der Waals surface area contributed by atoms with E-state index < -0.39 is 6.03 Å². The second-order valence-electron chi connectivity index (χ2n) is 6.23. The van der Waals surface area contributed by atoms with E-state index in [1.54, 1.807) is 25.3 Å². The van der Waals surface area contributed by atoms with Crippen LogP contribution in [0.25, 0.3) is 0 Å². The molecule has 0 aromatic heterocycles. The predicted molar refractivity (Wildman–Crippen MR) is 107 cm³/mol. The molecular weight excluding hydrogens is 344 g/mol. The Bertz CT molecular complexity index is 707. The molecule has 6 nitrogen and oxygen atoms in total. The number of aliphatic hydroxyl groups excluding tert-OH is 1. The topological polar surface area (TPSA) is 79.8 Å². The van der Waals surface area contributed by atoms with Crippen LogP contribution in [0.1, 0.15) is 25.3 Å². The Labute approximate surface area is 160 Å². The maximum absolute atomic E-state index is 12.4. The molecule has 27 heavy (non-hydrogen) atoms. The first-order valence-corrected chi connectivity index (χ1v) is 9.19. The number of nitrogens with one attached hydrogen (secondary N) is 2. The van der Waals surface area contributed by atoms with E-state index in [0.29, 0.717) is 30.2 Å². The SMILES string of the molecule is CCCCOc1ccc(OC)cc1NC(=O)NC(CO)Cc1ccccc1. The Balaban J connectivity index is 2.01. The first-order chi connectivity index (χ1) is 13.2. The fourth-order valence-electron chi connectivity index (χ4n) is 2.59. The summed E-state index contributed by atoms with van der Waals surface area (Å²) < 4.78 is 11.0. The number of unbranched alkanes of at least 4 members (excludes halogenated alkanes) is 1. The predicted octanol–water partition coefficient (Wildman–Crippen LogP) is 3.60. The van der Waals surface area contributed by atoms with Gasteiger partial charge in [0.05, 0.1) is 32.1 Å². The third kappa shape index (κ3) is 6.83. The summed E-state index contributed by atoms with van der Waals surface area (Å²) in [6.45, 7) is 2.51. The highest BCUT2D eigenvalue weighted by atomic mass is 16.5. The van der Waals surface area contributed by atoms with Crippen LogP contribution in [-0.4, -0.2) is 37.5 Å². The van der Waals surface area contributed by atoms with Gasteiger partial charge in [-0.05, 0) is 30.5 Å². The number of urea groups is 1. The maximum Gasteiger partial charge on any atom is 0.319 e. The fraction of sp³-hybridized carbons (Fsp3) is 0.381. The molecule has 1 unspecified atom stereocenters. The molecule has 0 radical (unpaired) electrons. The normalized spacial score (nSPS) is 11.5. The van der Waals surface area contributed by atoms with E-state index in [1.807, 2.05) is 30.3 Å². The molecular formula is C21H28N2O4. The molecule has 146 valence electrons. The number of amides is 2. The summed E-state index contributed by atoms with van der Waals surface area (Å²) in [4.78, 5) is 12.4. The summed E-state index contributed by atoms with van der Waals surface area (Å²) >= 11 is 0. The van der Waals surface area contributed by atoms with Gasteiger partial charge >= 0.3 is 6.03 Å². The lowest BCUT2D eigenvalue weighted by atomic mass is 10.1. The average Bonchev–Trinajstić information content (AvgIpc) is 2.69. The van der Waals surface area contributed by atoms with Gasteiger partial charge in [-0.15, -0.1) is 0 Å². The number of aliphatic hydroxyl groups is 1. The largest absolute Gasteiger partial charge is 0.497 e. The van der Waals surface area contributed by atoms with E-state index in [2.05, 4.69) is 17.6 Å². The molecule has 0 aliphatic rings. The number of carbonyl (C=O) groups excluding carboxylic acids is 1. The molecule has 2 amide bonds. The Hall–Kier alpha value is -2.73. The van der Waals surface area contributed by atoms with E-state index in [-0.39, 0.29) is 12.6 Å². The molecule has 2 aromatic rings. The van der Waals surface area contributed by atoms with E-state index in [1.165, 1.54) is 0 Å². The number of rotatable bonds is 10. The van der Waals surface area contributed by atoms with Crippen molar-refractivity contribution in [2.45, 2.75) is 32.2 Å². The van der Waals surface area contributed by atoms with Crippen molar-refractivity contribution in [2.75, 3.05) is 25.6 Å². The molecule has 0 bridgehead atoms. The molecule has 2 rings (SSSR count). The van der Waals surface area contributed by atoms with Crippen LogP contribution in [0.2, 0.25) is 0 Å². The van der Waals surface area contributed by atoms with Gasteiger partial charge < -0.3 is 25.2 Å². The van der Waals surface area contributed by atoms with Crippen LogP contribution in [0.3, 0.4) is 0 Å². The van der Waals surface area contributed by atoms with Gasteiger partial charge in [0.15, 0.2) is 0 Å². The zero-order valence-electron chi connectivity index (χ0n) is 15.9. The first kappa shape index (κ1) is 20.6. The number of anilines is 1. The smallest absolute Gasteiger partial charge is 0.319 e. The fourth-order valence-corrected chi connectivity index (χ4v) is 2.59. The third-order valence-electron chi connectivity index (χ3n) is 4.07. The van der Waals surface area contributed by atoms with Crippen LogP contribution in [0.4, 0.5) is 10.5 Å². The van der Waals surface area contributed by atoms with Gasteiger partial charge in [-0.1, -0.05) is 43.7 Å². The quantitative estimate of drug-likeness (QED) is 0.557. The van der Waals surface area contributed by atoms with Crippen LogP contribution >= 0.6 is 0 Å². The van der Waals surface area contributed by atoms with Crippen LogP contribution in [-0.2, 0) is 6.42 Å². The minimum atomic E-state index is -0.404. The second kappa shape index (κ2) is 11.1. The highest BCUT2D eigenvalue weighted by Crippen LogP contribution is 2.29. The molecule has 0 saturated heterocycles. The Morgan fingerprint density at radius 1 is 1.19 bits per heavy atom. The first-order valence-electron chi connectivity index (χ1n) is 9.19. The maximum atomic E-state index is 12.4. The van der Waals surface area contributed by atoms with Crippen LogP contribution in [0, 0.1) is 0 Å². The summed E-state index contributed by atoms with van der Waals surface area (Å²) in [5.41, 5.74) is 1.57. The molecule has 0 fully saturated rings. The Kier molecular flexibility index (Phi) is 8.45. The molecule has 0 spiro atoms. The minimum Gasteiger partial charge on any atom is -0.497 e. The van der Waals surface area contributed by atoms with Crippen molar-refractivity contribution < 1.29 is 19.4 Å². The van der Waals surface area contributed by atoms with E-state index >= 15 is 0 Å². The standard InChI is InChI=1S/C21H28N2O4/c1-3-4-12-27-20-11-10-18(26-2)14-19(20)23-21(25)22-17(15-24)13-16-8-6-5-7-9-16/h5-11,14,17,24H,3-4,12-13,15H2,1-2H3,(H2,22,23,25). The number of ether oxygens (including phenoxy) is 2. The molecule has 0 aliphatic carbocycles. The molecule has 1 atom stereocenters. The monoisotopic (exact) mass is 372 g/mol. The Morgan fingerprint density at radius 3 is 2.63 bits per heavy atom. The molecule has 0 aliphatic heterocycles. The number of benzene rings is 2. The van der Waals surface area contributed by atoms with E-state index in [9.17, 15) is 9.90 Å². The summed E-state index contributed by atoms with van der Waals surface area (Å²) in [6.07, 6.45) is 2.50. The van der Waals surface area contributed by atoms with Crippen molar-refractivity contribution in [3.63, 3.8) is 0 Å². The second-order valence-corrected chi connectivity index (χ2v) is 6.23. The lowest BCUT2D eigenvalue weighted by Gasteiger charge is -2.18. The van der Waals surface area contributed by atoms with Gasteiger partial charge in [0.2, 0.25) is 0 Å². The summed E-state index contributed by atoms with van der Waals surface area (Å²) in [5, 5.41) is 15.2. The van der Waals surface area contributed by atoms with Crippen molar-refractivity contribution in [3.05, 3.63) is 54.1 Å². The Morgan fingerprint density at radius 2 is 1.96 bits per heavy atom. The molecule has 0 heterocycles. The van der Waals surface area contributed by atoms with Crippen molar-refractivity contribution in [3.8, 4) is 11.5 Å². The molecule has 3 N–H and O–H groups in total. The van der Waals surface area contributed by atoms with Crippen LogP contribution in [0.5, 0.6) is 11.5 Å². The molecule has 2 aromatic carbocycles. The lowest BCUT2D eigenvalue weighted by molar-refractivity contribution is 0.224. The van der Waals surface area contributed by atoms with Crippen molar-refractivity contribution in [2.24, 2.45) is 0 Å². The summed E-state index contributed by atoms with van der Waals surface area (Å²) in [7, 11) is 1.57. The van der Waals surface area contributed by atoms with E-state index in [0.717, 1.165) is 18.4 Å². The molecule has 6 heteroatoms. The average molecular weight is 372 g/mol. The number of hydrogen-bond acceptors (Lipinski definition) is 4. The van der Waals surface area contributed by atoms with Gasteiger partial charge in [0.25, 0.3) is 0 Å². The minimum absolute atomic E-state index is 0.152. The van der Waals surface area contributed by atoms with E-state index in [4.69, 9.17) is 9.47 Å². The van der Waals surface area contributed by atoms with Gasteiger partial charge in [-0.2, -0.15) is 0 Å². The molecule has 0 saturated carbocycles. The number of methoxy groups -OCH3 is 1. The lowest BCUT2D eigenvalue weighted by Crippen LogP contribution is -2.41. The van der Waals surface area contributed by atoms with Crippen LogP contribution in [0.15, 0.2) is 48.5 Å².